The van der Waals surface area contributed by atoms with Gasteiger partial charge in [0.2, 0.25) is 0 Å². The summed E-state index contributed by atoms with van der Waals surface area (Å²) in [5.74, 6) is 0. The topological polar surface area (TPSA) is 48.5 Å². The zero-order valence-electron chi connectivity index (χ0n) is 41.4. The molecule has 0 unspecified atom stereocenters. The molecule has 0 fully saturated rings. The predicted octanol–water partition coefficient (Wildman–Crippen LogP) is 18.2. The Morgan fingerprint density at radius 1 is 0.224 bits per heavy atom. The minimum Gasteiger partial charge on any atom is -0.256 e. The summed E-state index contributed by atoms with van der Waals surface area (Å²) >= 11 is 0. The van der Waals surface area contributed by atoms with E-state index in [1.165, 1.54) is 37.9 Å². The molecule has 0 atom stereocenters. The van der Waals surface area contributed by atoms with Gasteiger partial charge in [0.25, 0.3) is 0 Å². The first-order valence-corrected chi connectivity index (χ1v) is 25.7. The number of benzene rings is 11. The summed E-state index contributed by atoms with van der Waals surface area (Å²) in [5, 5.41) is 17.3. The zero-order valence-corrected chi connectivity index (χ0v) is 41.4. The Bertz CT molecular complexity index is 4280. The van der Waals surface area contributed by atoms with Gasteiger partial charge in [0.15, 0.2) is 0 Å². The Hall–Kier alpha value is -10.2. The van der Waals surface area contributed by atoms with Crippen molar-refractivity contribution in [3.63, 3.8) is 0 Å². The van der Waals surface area contributed by atoms with Gasteiger partial charge < -0.3 is 0 Å². The second-order valence-corrected chi connectivity index (χ2v) is 19.3. The van der Waals surface area contributed by atoms with Crippen molar-refractivity contribution in [1.82, 2.24) is 24.5 Å². The van der Waals surface area contributed by atoms with Gasteiger partial charge in [-0.15, -0.1) is 0 Å². The monoisotopic (exact) mass is 969 g/mol. The van der Waals surface area contributed by atoms with Crippen LogP contribution in [-0.2, 0) is 0 Å². The molecule has 3 aromatic heterocycles. The van der Waals surface area contributed by atoms with Crippen molar-refractivity contribution in [1.29, 1.82) is 0 Å². The number of fused-ring (bicyclic) bond motifs is 6. The van der Waals surface area contributed by atoms with E-state index >= 15 is 0 Å². The van der Waals surface area contributed by atoms with Gasteiger partial charge in [-0.3, -0.25) is 4.98 Å². The van der Waals surface area contributed by atoms with Gasteiger partial charge >= 0.3 is 0 Å². The van der Waals surface area contributed by atoms with Crippen LogP contribution in [0, 0.1) is 0 Å². The molecule has 76 heavy (non-hydrogen) atoms. The van der Waals surface area contributed by atoms with Crippen LogP contribution >= 0.6 is 0 Å². The lowest BCUT2D eigenvalue weighted by molar-refractivity contribution is 0.881. The average molecular weight is 970 g/mol. The van der Waals surface area contributed by atoms with Crippen molar-refractivity contribution in [2.24, 2.45) is 0 Å². The fraction of sp³-hybridized carbons (Fsp3) is 0. The molecule has 0 aliphatic rings. The minimum atomic E-state index is 0.920. The van der Waals surface area contributed by atoms with E-state index in [0.29, 0.717) is 0 Å². The molecule has 3 heterocycles. The van der Waals surface area contributed by atoms with Gasteiger partial charge in [-0.05, 0) is 154 Å². The van der Waals surface area contributed by atoms with E-state index in [0.717, 1.165) is 95.0 Å². The molecule has 0 saturated heterocycles. The molecule has 0 N–H and O–H groups in total. The fourth-order valence-corrected chi connectivity index (χ4v) is 11.1. The highest BCUT2D eigenvalue weighted by Gasteiger charge is 2.18. The second kappa shape index (κ2) is 19.0. The van der Waals surface area contributed by atoms with Crippen LogP contribution < -0.4 is 0 Å². The first-order chi connectivity index (χ1) is 37.7. The number of hydrogen-bond donors (Lipinski definition) is 0. The highest BCUT2D eigenvalue weighted by Crippen LogP contribution is 2.43. The maximum Gasteiger partial charge on any atom is 0.0702 e. The lowest BCUT2D eigenvalue weighted by Crippen LogP contribution is -1.93. The van der Waals surface area contributed by atoms with Gasteiger partial charge in [-0.25, -0.2) is 9.36 Å². The fourth-order valence-electron chi connectivity index (χ4n) is 11.1. The molecule has 5 heteroatoms. The standard InChI is InChI=1S/C71H47N5/c1-3-20-57(21-4-1)75-46-55(44-73-75)63-28-11-9-26-61(63)53-39-52(40-54(41-53)62-27-10-12-29-64(62)56-45-74-76(47-56)58-22-5-2-6-23-58)60-25-8-7-24-59(60)51-35-37-71(72-43-51)50-19-17-18-48(38-50)49-34-36-69-67-32-14-13-30-65(67)66-31-15-16-33-68(66)70(69)42-49/h1-47H. The SMILES string of the molecule is c1ccc(-n2cc(-c3ccccc3-c3cc(-c4ccccc4-c4ccc(-c5cccc(-c6ccc7c8ccccc8c8ccccc8c7c6)c5)nc4)cc(-c4ccccc4-c4cnn(-c5ccccc5)c4)c3)cn2)cc1. The van der Waals surface area contributed by atoms with E-state index in [9.17, 15) is 0 Å². The van der Waals surface area contributed by atoms with Gasteiger partial charge in [0.1, 0.15) is 0 Å². The van der Waals surface area contributed by atoms with Crippen LogP contribution in [0.1, 0.15) is 0 Å². The second-order valence-electron chi connectivity index (χ2n) is 19.3. The summed E-state index contributed by atoms with van der Waals surface area (Å²) in [6.07, 6.45) is 10.2. The van der Waals surface area contributed by atoms with Crippen LogP contribution in [-0.4, -0.2) is 24.5 Å². The maximum absolute atomic E-state index is 5.17. The Morgan fingerprint density at radius 3 is 1.07 bits per heavy atom. The Kier molecular flexibility index (Phi) is 11.1. The molecule has 0 radical (unpaired) electrons. The smallest absolute Gasteiger partial charge is 0.0702 e. The van der Waals surface area contributed by atoms with Crippen LogP contribution in [0.25, 0.3) is 133 Å². The first kappa shape index (κ1) is 44.5. The number of para-hydroxylation sites is 2. The van der Waals surface area contributed by atoms with E-state index in [2.05, 4.69) is 231 Å². The molecule has 14 rings (SSSR count). The molecule has 0 aliphatic heterocycles. The van der Waals surface area contributed by atoms with Crippen LogP contribution in [0.4, 0.5) is 0 Å². The first-order valence-electron chi connectivity index (χ1n) is 25.7. The highest BCUT2D eigenvalue weighted by atomic mass is 15.3. The van der Waals surface area contributed by atoms with Crippen molar-refractivity contribution in [3.8, 4) is 101 Å². The summed E-state index contributed by atoms with van der Waals surface area (Å²) in [6.45, 7) is 0. The lowest BCUT2D eigenvalue weighted by Gasteiger charge is -2.17. The van der Waals surface area contributed by atoms with Crippen molar-refractivity contribution in [2.75, 3.05) is 0 Å². The van der Waals surface area contributed by atoms with Crippen molar-refractivity contribution >= 4 is 32.3 Å². The van der Waals surface area contributed by atoms with Crippen molar-refractivity contribution in [3.05, 3.63) is 286 Å². The predicted molar refractivity (Wildman–Crippen MR) is 314 cm³/mol. The van der Waals surface area contributed by atoms with Crippen molar-refractivity contribution in [2.45, 2.75) is 0 Å². The van der Waals surface area contributed by atoms with Gasteiger partial charge in [0.05, 0.1) is 29.5 Å². The molecule has 0 saturated carbocycles. The normalized spacial score (nSPS) is 11.4. The van der Waals surface area contributed by atoms with Gasteiger partial charge in [0, 0.05) is 40.8 Å². The average Bonchev–Trinajstić information content (AvgIpc) is 4.22. The third kappa shape index (κ3) is 8.13. The van der Waals surface area contributed by atoms with Gasteiger partial charge in [-0.2, -0.15) is 10.2 Å². The minimum absolute atomic E-state index is 0.920. The van der Waals surface area contributed by atoms with Crippen LogP contribution in [0.2, 0.25) is 0 Å². The third-order valence-corrected chi connectivity index (χ3v) is 14.8. The third-order valence-electron chi connectivity index (χ3n) is 14.8. The molecule has 356 valence electrons. The maximum atomic E-state index is 5.17. The lowest BCUT2D eigenvalue weighted by atomic mass is 9.87. The summed E-state index contributed by atoms with van der Waals surface area (Å²) in [6, 6.07) is 91.1. The van der Waals surface area contributed by atoms with Crippen molar-refractivity contribution < 1.29 is 0 Å². The van der Waals surface area contributed by atoms with E-state index in [4.69, 9.17) is 15.2 Å². The van der Waals surface area contributed by atoms with E-state index in [1.807, 2.05) is 64.4 Å². The summed E-state index contributed by atoms with van der Waals surface area (Å²) < 4.78 is 3.89. The molecular weight excluding hydrogens is 923 g/mol. The number of nitrogens with zero attached hydrogens (tertiary/aromatic N) is 5. The van der Waals surface area contributed by atoms with E-state index in [1.54, 1.807) is 0 Å². The van der Waals surface area contributed by atoms with E-state index < -0.39 is 0 Å². The number of aromatic nitrogens is 5. The summed E-state index contributed by atoms with van der Waals surface area (Å²) in [4.78, 5) is 5.17. The van der Waals surface area contributed by atoms with Gasteiger partial charge in [-0.1, -0.05) is 194 Å². The quantitative estimate of drug-likeness (QED) is 0.128. The number of hydrogen-bond acceptors (Lipinski definition) is 3. The van der Waals surface area contributed by atoms with E-state index in [-0.39, 0.29) is 0 Å². The molecule has 0 amide bonds. The largest absolute Gasteiger partial charge is 0.256 e. The molecule has 0 aliphatic carbocycles. The molecule has 0 spiro atoms. The molecule has 0 bridgehead atoms. The zero-order chi connectivity index (χ0) is 50.4. The number of rotatable bonds is 10. The number of pyridine rings is 1. The van der Waals surface area contributed by atoms with Crippen LogP contribution in [0.5, 0.6) is 0 Å². The molecule has 14 aromatic rings. The summed E-state index contributed by atoms with van der Waals surface area (Å²) in [5.41, 5.74) is 19.4. The van der Waals surface area contributed by atoms with Crippen LogP contribution in [0.3, 0.4) is 0 Å². The Labute approximate surface area is 440 Å². The molecular formula is C71H47N5. The molecule has 5 nitrogen and oxygen atoms in total. The summed E-state index contributed by atoms with van der Waals surface area (Å²) in [7, 11) is 0. The Balaban J connectivity index is 0.856. The highest BCUT2D eigenvalue weighted by molar-refractivity contribution is 6.25. The Morgan fingerprint density at radius 2 is 0.592 bits per heavy atom. The molecule has 11 aromatic carbocycles. The van der Waals surface area contributed by atoms with Crippen LogP contribution in [0.15, 0.2) is 286 Å².